The van der Waals surface area contributed by atoms with Crippen LogP contribution in [-0.2, 0) is 16.0 Å². The fourth-order valence-corrected chi connectivity index (χ4v) is 3.07. The number of nitrogens with one attached hydrogen (secondary N) is 1. The van der Waals surface area contributed by atoms with E-state index >= 15 is 0 Å². The lowest BCUT2D eigenvalue weighted by Crippen LogP contribution is -2.57. The number of rotatable bonds is 3. The highest BCUT2D eigenvalue weighted by Gasteiger charge is 2.38. The average molecular weight is 308 g/mol. The molecule has 3 rings (SSSR count). The van der Waals surface area contributed by atoms with Crippen LogP contribution < -0.4 is 10.1 Å². The van der Waals surface area contributed by atoms with Gasteiger partial charge in [-0.2, -0.15) is 0 Å². The van der Waals surface area contributed by atoms with Crippen molar-refractivity contribution in [2.45, 2.75) is 12.1 Å². The Balaban J connectivity index is 1.67. The molecule has 0 amide bonds. The summed E-state index contributed by atoms with van der Waals surface area (Å²) < 4.78 is 16.8. The van der Waals surface area contributed by atoms with Crippen LogP contribution in [0.15, 0.2) is 18.2 Å². The highest BCUT2D eigenvalue weighted by Crippen LogP contribution is 2.27. The zero-order valence-corrected chi connectivity index (χ0v) is 13.0. The summed E-state index contributed by atoms with van der Waals surface area (Å²) in [5, 5.41) is 13.5. The molecule has 22 heavy (non-hydrogen) atoms. The minimum atomic E-state index is -0.281. The van der Waals surface area contributed by atoms with Crippen LogP contribution in [0.1, 0.15) is 5.56 Å². The first-order chi connectivity index (χ1) is 10.7. The topological polar surface area (TPSA) is 63.2 Å². The number of nitrogens with zero attached hydrogens (tertiary/aromatic N) is 1. The Morgan fingerprint density at radius 1 is 1.41 bits per heavy atom. The zero-order chi connectivity index (χ0) is 15.4. The standard InChI is InChI=1S/C16H24N2O4/c1-20-14-3-2-13(15(19)8-14)9-18-5-7-22-16(11-18)10-17-4-6-21-12-16/h2-3,8,17,19H,4-7,9-12H2,1H3/t16-/m0/s1. The van der Waals surface area contributed by atoms with Crippen LogP contribution in [0.25, 0.3) is 0 Å². The molecule has 1 aromatic carbocycles. The maximum absolute atomic E-state index is 10.1. The lowest BCUT2D eigenvalue weighted by atomic mass is 10.0. The number of morpholine rings is 1. The maximum atomic E-state index is 10.1. The van der Waals surface area contributed by atoms with E-state index in [4.69, 9.17) is 14.2 Å². The van der Waals surface area contributed by atoms with Crippen molar-refractivity contribution in [3.63, 3.8) is 0 Å². The van der Waals surface area contributed by atoms with Gasteiger partial charge in [-0.15, -0.1) is 0 Å². The SMILES string of the molecule is COc1ccc(CN2CCO[C@@]3(CNCCOC3)C2)c(O)c1. The molecule has 2 N–H and O–H groups in total. The van der Waals surface area contributed by atoms with Crippen LogP contribution in [0.5, 0.6) is 11.5 Å². The Morgan fingerprint density at radius 3 is 3.14 bits per heavy atom. The molecule has 2 aliphatic heterocycles. The molecular weight excluding hydrogens is 284 g/mol. The molecule has 0 radical (unpaired) electrons. The van der Waals surface area contributed by atoms with Crippen LogP contribution in [0, 0.1) is 0 Å². The third kappa shape index (κ3) is 3.52. The van der Waals surface area contributed by atoms with Gasteiger partial charge < -0.3 is 24.6 Å². The van der Waals surface area contributed by atoms with Crippen LogP contribution >= 0.6 is 0 Å². The van der Waals surface area contributed by atoms with Gasteiger partial charge in [0, 0.05) is 44.4 Å². The summed E-state index contributed by atoms with van der Waals surface area (Å²) in [7, 11) is 1.60. The van der Waals surface area contributed by atoms with E-state index in [1.807, 2.05) is 12.1 Å². The predicted molar refractivity (Wildman–Crippen MR) is 82.3 cm³/mol. The van der Waals surface area contributed by atoms with Crippen molar-refractivity contribution in [1.82, 2.24) is 10.2 Å². The fraction of sp³-hybridized carbons (Fsp3) is 0.625. The van der Waals surface area contributed by atoms with Crippen LogP contribution in [0.4, 0.5) is 0 Å². The molecular formula is C16H24N2O4. The normalized spacial score (nSPS) is 26.8. The van der Waals surface area contributed by atoms with Gasteiger partial charge >= 0.3 is 0 Å². The van der Waals surface area contributed by atoms with E-state index in [2.05, 4.69) is 10.2 Å². The summed E-state index contributed by atoms with van der Waals surface area (Å²) in [6, 6.07) is 5.45. The molecule has 2 heterocycles. The van der Waals surface area contributed by atoms with Crippen molar-refractivity contribution < 1.29 is 19.3 Å². The van der Waals surface area contributed by atoms with Gasteiger partial charge in [-0.3, -0.25) is 4.90 Å². The van der Waals surface area contributed by atoms with Gasteiger partial charge in [0.15, 0.2) is 0 Å². The number of phenolic OH excluding ortho intramolecular Hbond substituents is 1. The van der Waals surface area contributed by atoms with E-state index in [1.54, 1.807) is 13.2 Å². The highest BCUT2D eigenvalue weighted by molar-refractivity contribution is 5.39. The predicted octanol–water partition coefficient (Wildman–Crippen LogP) is 0.592. The van der Waals surface area contributed by atoms with E-state index < -0.39 is 0 Å². The van der Waals surface area contributed by atoms with Gasteiger partial charge in [0.25, 0.3) is 0 Å². The first kappa shape index (κ1) is 15.6. The average Bonchev–Trinajstić information content (AvgIpc) is 2.75. The number of methoxy groups -OCH3 is 1. The van der Waals surface area contributed by atoms with Crippen molar-refractivity contribution in [1.29, 1.82) is 0 Å². The second-order valence-corrected chi connectivity index (χ2v) is 5.97. The van der Waals surface area contributed by atoms with E-state index in [9.17, 15) is 5.11 Å². The summed E-state index contributed by atoms with van der Waals surface area (Å²) in [5.41, 5.74) is 0.622. The molecule has 0 bridgehead atoms. The van der Waals surface area contributed by atoms with Gasteiger partial charge in [0.2, 0.25) is 0 Å². The van der Waals surface area contributed by atoms with Crippen molar-refractivity contribution in [3.8, 4) is 11.5 Å². The van der Waals surface area contributed by atoms with Gasteiger partial charge in [-0.25, -0.2) is 0 Å². The Labute approximate surface area is 131 Å². The summed E-state index contributed by atoms with van der Waals surface area (Å²) in [6.07, 6.45) is 0. The second kappa shape index (κ2) is 6.83. The number of phenols is 1. The number of hydrogen-bond donors (Lipinski definition) is 2. The quantitative estimate of drug-likeness (QED) is 0.852. The summed E-state index contributed by atoms with van der Waals surface area (Å²) in [6.45, 7) is 6.04. The summed E-state index contributed by atoms with van der Waals surface area (Å²) in [4.78, 5) is 2.31. The Kier molecular flexibility index (Phi) is 4.83. The number of hydrogen-bond acceptors (Lipinski definition) is 6. The molecule has 1 aromatic rings. The van der Waals surface area contributed by atoms with Crippen molar-refractivity contribution in [2.24, 2.45) is 0 Å². The first-order valence-electron chi connectivity index (χ1n) is 7.71. The molecule has 6 heteroatoms. The number of aromatic hydroxyl groups is 1. The third-order valence-corrected chi connectivity index (χ3v) is 4.25. The van der Waals surface area contributed by atoms with Gasteiger partial charge in [-0.1, -0.05) is 6.07 Å². The molecule has 2 saturated heterocycles. The number of ether oxygens (including phenoxy) is 3. The monoisotopic (exact) mass is 308 g/mol. The Hall–Kier alpha value is -1.34. The maximum Gasteiger partial charge on any atom is 0.123 e. The highest BCUT2D eigenvalue weighted by atomic mass is 16.5. The number of benzene rings is 1. The zero-order valence-electron chi connectivity index (χ0n) is 13.0. The van der Waals surface area contributed by atoms with Crippen LogP contribution in [0.3, 0.4) is 0 Å². The Bertz CT molecular complexity index is 501. The molecule has 0 unspecified atom stereocenters. The lowest BCUT2D eigenvalue weighted by Gasteiger charge is -2.41. The van der Waals surface area contributed by atoms with E-state index in [0.29, 0.717) is 25.5 Å². The molecule has 0 aliphatic carbocycles. The molecule has 0 aromatic heterocycles. The summed E-state index contributed by atoms with van der Waals surface area (Å²) >= 11 is 0. The third-order valence-electron chi connectivity index (χ3n) is 4.25. The molecule has 0 saturated carbocycles. The molecule has 122 valence electrons. The smallest absolute Gasteiger partial charge is 0.123 e. The molecule has 1 spiro atoms. The van der Waals surface area contributed by atoms with E-state index in [-0.39, 0.29) is 11.4 Å². The molecule has 1 atom stereocenters. The van der Waals surface area contributed by atoms with Crippen molar-refractivity contribution >= 4 is 0 Å². The fourth-order valence-electron chi connectivity index (χ4n) is 3.07. The summed E-state index contributed by atoms with van der Waals surface area (Å²) in [5.74, 6) is 0.941. The molecule has 2 fully saturated rings. The lowest BCUT2D eigenvalue weighted by molar-refractivity contribution is -0.135. The largest absolute Gasteiger partial charge is 0.507 e. The minimum absolute atomic E-state index is 0.273. The van der Waals surface area contributed by atoms with Gasteiger partial charge in [0.05, 0.1) is 26.9 Å². The molecule has 2 aliphatic rings. The minimum Gasteiger partial charge on any atom is -0.507 e. The molecule has 6 nitrogen and oxygen atoms in total. The van der Waals surface area contributed by atoms with Crippen LogP contribution in [0.2, 0.25) is 0 Å². The van der Waals surface area contributed by atoms with Gasteiger partial charge in [0.1, 0.15) is 17.1 Å². The second-order valence-electron chi connectivity index (χ2n) is 5.97. The Morgan fingerprint density at radius 2 is 2.32 bits per heavy atom. The van der Waals surface area contributed by atoms with E-state index in [0.717, 1.165) is 38.3 Å². The first-order valence-corrected chi connectivity index (χ1v) is 7.71. The van der Waals surface area contributed by atoms with Gasteiger partial charge in [-0.05, 0) is 6.07 Å². The van der Waals surface area contributed by atoms with E-state index in [1.165, 1.54) is 0 Å². The van der Waals surface area contributed by atoms with Crippen molar-refractivity contribution in [2.75, 3.05) is 53.1 Å². The van der Waals surface area contributed by atoms with Crippen LogP contribution in [-0.4, -0.2) is 68.7 Å². The van der Waals surface area contributed by atoms with Crippen molar-refractivity contribution in [3.05, 3.63) is 23.8 Å².